The molecule has 0 radical (unpaired) electrons. The van der Waals surface area contributed by atoms with Crippen molar-refractivity contribution in [2.75, 3.05) is 23.3 Å². The number of hydrogen-bond acceptors (Lipinski definition) is 5. The van der Waals surface area contributed by atoms with Crippen LogP contribution in [-0.4, -0.2) is 33.3 Å². The maximum atomic E-state index is 4.73. The average molecular weight is 449 g/mol. The third-order valence-corrected chi connectivity index (χ3v) is 6.29. The molecule has 0 aliphatic rings. The number of rotatable bonds is 12. The van der Waals surface area contributed by atoms with Crippen LogP contribution in [0.5, 0.6) is 0 Å². The summed E-state index contributed by atoms with van der Waals surface area (Å²) in [4.78, 5) is 11.7. The number of H-pyrrole nitrogens is 1. The maximum Gasteiger partial charge on any atom is 0.153 e. The van der Waals surface area contributed by atoms with Gasteiger partial charge in [0.25, 0.3) is 0 Å². The molecule has 0 aliphatic carbocycles. The summed E-state index contributed by atoms with van der Waals surface area (Å²) < 4.78 is 0. The number of nitrogens with zero attached hydrogens (tertiary/aromatic N) is 4. The SMILES string of the molecule is CCCN(CCC(C)CC)c1cc(Nc2cc(CCc3cc(C)ccc3C)[nH]n2)nc(C)n1. The first-order chi connectivity index (χ1) is 15.9. The Bertz CT molecular complexity index is 1030. The number of aryl methyl sites for hydroxylation is 5. The summed E-state index contributed by atoms with van der Waals surface area (Å²) >= 11 is 0. The molecular weight excluding hydrogens is 408 g/mol. The molecule has 6 nitrogen and oxygen atoms in total. The van der Waals surface area contributed by atoms with E-state index in [4.69, 9.17) is 4.98 Å². The zero-order valence-corrected chi connectivity index (χ0v) is 21.2. The molecule has 0 bridgehead atoms. The van der Waals surface area contributed by atoms with Gasteiger partial charge in [0.2, 0.25) is 0 Å². The second-order valence-corrected chi connectivity index (χ2v) is 9.28. The largest absolute Gasteiger partial charge is 0.356 e. The van der Waals surface area contributed by atoms with Gasteiger partial charge in [0, 0.05) is 30.9 Å². The van der Waals surface area contributed by atoms with Crippen LogP contribution in [0.1, 0.15) is 68.2 Å². The quantitative estimate of drug-likeness (QED) is 0.340. The zero-order chi connectivity index (χ0) is 23.8. The molecule has 2 aromatic heterocycles. The Morgan fingerprint density at radius 1 is 0.970 bits per heavy atom. The normalized spacial score (nSPS) is 12.1. The highest BCUT2D eigenvalue weighted by Crippen LogP contribution is 2.22. The van der Waals surface area contributed by atoms with Crippen LogP contribution in [0.3, 0.4) is 0 Å². The van der Waals surface area contributed by atoms with Crippen molar-refractivity contribution < 1.29 is 0 Å². The van der Waals surface area contributed by atoms with Crippen LogP contribution in [0.15, 0.2) is 30.3 Å². The number of anilines is 3. The summed E-state index contributed by atoms with van der Waals surface area (Å²) in [5.74, 6) is 4.05. The minimum atomic E-state index is 0.718. The molecule has 0 amide bonds. The number of aromatic amines is 1. The summed E-state index contributed by atoms with van der Waals surface area (Å²) in [6, 6.07) is 10.8. The van der Waals surface area contributed by atoms with Crippen molar-refractivity contribution in [1.29, 1.82) is 0 Å². The molecule has 0 saturated carbocycles. The van der Waals surface area contributed by atoms with Gasteiger partial charge in [-0.05, 0) is 63.5 Å². The molecule has 3 rings (SSSR count). The van der Waals surface area contributed by atoms with E-state index < -0.39 is 0 Å². The third-order valence-electron chi connectivity index (χ3n) is 6.29. The van der Waals surface area contributed by atoms with Gasteiger partial charge >= 0.3 is 0 Å². The van der Waals surface area contributed by atoms with Gasteiger partial charge in [0.05, 0.1) is 0 Å². The van der Waals surface area contributed by atoms with E-state index in [1.54, 1.807) is 0 Å². The lowest BCUT2D eigenvalue weighted by molar-refractivity contribution is 0.508. The van der Waals surface area contributed by atoms with E-state index in [1.165, 1.54) is 29.5 Å². The van der Waals surface area contributed by atoms with E-state index in [1.807, 2.05) is 13.0 Å². The molecule has 33 heavy (non-hydrogen) atoms. The average Bonchev–Trinajstić information content (AvgIpc) is 3.23. The van der Waals surface area contributed by atoms with Crippen molar-refractivity contribution in [3.05, 3.63) is 58.5 Å². The van der Waals surface area contributed by atoms with E-state index in [0.717, 1.165) is 67.2 Å². The van der Waals surface area contributed by atoms with Gasteiger partial charge in [0.15, 0.2) is 5.82 Å². The van der Waals surface area contributed by atoms with Gasteiger partial charge in [-0.1, -0.05) is 51.0 Å². The van der Waals surface area contributed by atoms with Gasteiger partial charge in [-0.25, -0.2) is 9.97 Å². The molecule has 3 aromatic rings. The van der Waals surface area contributed by atoms with Crippen molar-refractivity contribution in [3.8, 4) is 0 Å². The minimum Gasteiger partial charge on any atom is -0.356 e. The number of hydrogen-bond donors (Lipinski definition) is 2. The van der Waals surface area contributed by atoms with Crippen LogP contribution >= 0.6 is 0 Å². The summed E-state index contributed by atoms with van der Waals surface area (Å²) in [5, 5.41) is 11.0. The van der Waals surface area contributed by atoms with Crippen molar-refractivity contribution in [2.24, 2.45) is 5.92 Å². The van der Waals surface area contributed by atoms with Crippen molar-refractivity contribution in [3.63, 3.8) is 0 Å². The fourth-order valence-electron chi connectivity index (χ4n) is 3.99. The first-order valence-corrected chi connectivity index (χ1v) is 12.4. The van der Waals surface area contributed by atoms with Crippen molar-refractivity contribution in [1.82, 2.24) is 20.2 Å². The molecule has 0 fully saturated rings. The second kappa shape index (κ2) is 11.8. The van der Waals surface area contributed by atoms with Gasteiger partial charge in [0.1, 0.15) is 17.5 Å². The zero-order valence-electron chi connectivity index (χ0n) is 21.2. The third kappa shape index (κ3) is 7.31. The molecule has 0 saturated heterocycles. The Kier molecular flexibility index (Phi) is 8.87. The van der Waals surface area contributed by atoms with Crippen LogP contribution in [0.2, 0.25) is 0 Å². The highest BCUT2D eigenvalue weighted by molar-refractivity contribution is 5.57. The molecule has 6 heteroatoms. The molecular formula is C27H40N6. The highest BCUT2D eigenvalue weighted by Gasteiger charge is 2.13. The van der Waals surface area contributed by atoms with E-state index in [9.17, 15) is 0 Å². The molecule has 2 N–H and O–H groups in total. The highest BCUT2D eigenvalue weighted by atomic mass is 15.2. The maximum absolute atomic E-state index is 4.73. The lowest BCUT2D eigenvalue weighted by atomic mass is 10.0. The van der Waals surface area contributed by atoms with Crippen LogP contribution in [0.25, 0.3) is 0 Å². The topological polar surface area (TPSA) is 69.7 Å². The Morgan fingerprint density at radius 3 is 2.55 bits per heavy atom. The summed E-state index contributed by atoms with van der Waals surface area (Å²) in [7, 11) is 0. The Labute approximate surface area is 199 Å². The van der Waals surface area contributed by atoms with Crippen LogP contribution in [-0.2, 0) is 12.8 Å². The second-order valence-electron chi connectivity index (χ2n) is 9.28. The first kappa shape index (κ1) is 24.7. The monoisotopic (exact) mass is 448 g/mol. The molecule has 1 unspecified atom stereocenters. The van der Waals surface area contributed by atoms with Crippen LogP contribution in [0.4, 0.5) is 17.5 Å². The Morgan fingerprint density at radius 2 is 1.79 bits per heavy atom. The minimum absolute atomic E-state index is 0.718. The lowest BCUT2D eigenvalue weighted by Gasteiger charge is -2.25. The Balaban J connectivity index is 1.67. The molecule has 0 spiro atoms. The first-order valence-electron chi connectivity index (χ1n) is 12.4. The fraction of sp³-hybridized carbons (Fsp3) is 0.519. The fourth-order valence-corrected chi connectivity index (χ4v) is 3.99. The van der Waals surface area contributed by atoms with E-state index in [2.05, 4.69) is 84.3 Å². The molecule has 1 atom stereocenters. The summed E-state index contributed by atoms with van der Waals surface area (Å²) in [6.07, 6.45) is 5.39. The summed E-state index contributed by atoms with van der Waals surface area (Å²) in [6.45, 7) is 15.1. The van der Waals surface area contributed by atoms with E-state index in [-0.39, 0.29) is 0 Å². The van der Waals surface area contributed by atoms with E-state index in [0.29, 0.717) is 0 Å². The van der Waals surface area contributed by atoms with Crippen LogP contribution in [0, 0.1) is 26.7 Å². The van der Waals surface area contributed by atoms with Crippen molar-refractivity contribution in [2.45, 2.75) is 73.6 Å². The number of aromatic nitrogens is 4. The predicted molar refractivity (Wildman–Crippen MR) is 139 cm³/mol. The molecule has 0 aliphatic heterocycles. The standard InChI is InChI=1S/C27H40N6/c1-7-14-33(15-13-19(3)8-2)27-18-25(28-22(6)29-27)30-26-17-24(31-32-26)12-11-23-16-20(4)9-10-21(23)5/h9-10,16-19H,7-8,11-15H2,1-6H3,(H2,28,29,30,31,32). The molecule has 1 aromatic carbocycles. The van der Waals surface area contributed by atoms with Gasteiger partial charge in [-0.3, -0.25) is 5.10 Å². The number of benzene rings is 1. The van der Waals surface area contributed by atoms with Gasteiger partial charge in [-0.15, -0.1) is 0 Å². The van der Waals surface area contributed by atoms with Crippen LogP contribution < -0.4 is 10.2 Å². The summed E-state index contributed by atoms with van der Waals surface area (Å²) in [5.41, 5.74) is 5.15. The predicted octanol–water partition coefficient (Wildman–Crippen LogP) is 6.31. The van der Waals surface area contributed by atoms with Gasteiger partial charge in [-0.2, -0.15) is 5.10 Å². The lowest BCUT2D eigenvalue weighted by Crippen LogP contribution is -2.27. The number of nitrogens with one attached hydrogen (secondary N) is 2. The van der Waals surface area contributed by atoms with E-state index >= 15 is 0 Å². The Hall–Kier alpha value is -2.89. The van der Waals surface area contributed by atoms with Crippen molar-refractivity contribution >= 4 is 17.5 Å². The molecule has 2 heterocycles. The van der Waals surface area contributed by atoms with Gasteiger partial charge < -0.3 is 10.2 Å². The molecule has 178 valence electrons. The smallest absolute Gasteiger partial charge is 0.153 e.